The fourth-order valence-electron chi connectivity index (χ4n) is 1.97. The summed E-state index contributed by atoms with van der Waals surface area (Å²) in [7, 11) is 0. The van der Waals surface area contributed by atoms with Crippen molar-refractivity contribution in [1.29, 1.82) is 0 Å². The van der Waals surface area contributed by atoms with Gasteiger partial charge in [0.25, 0.3) is 0 Å². The quantitative estimate of drug-likeness (QED) is 0.650. The highest BCUT2D eigenvalue weighted by atomic mass is 79.9. The van der Waals surface area contributed by atoms with Crippen molar-refractivity contribution in [3.8, 4) is 0 Å². The molecular weight excluding hydrogens is 331 g/mol. The molecule has 0 radical (unpaired) electrons. The molecule has 0 saturated carbocycles. The average Bonchev–Trinajstić information content (AvgIpc) is 2.36. The van der Waals surface area contributed by atoms with E-state index in [2.05, 4.69) is 21.4 Å². The topological polar surface area (TPSA) is 38.0 Å². The third-order valence-corrected chi connectivity index (χ3v) is 3.86. The van der Waals surface area contributed by atoms with Crippen LogP contribution in [0.15, 0.2) is 40.9 Å². The minimum absolute atomic E-state index is 0.361. The second kappa shape index (κ2) is 6.01. The van der Waals surface area contributed by atoms with Crippen molar-refractivity contribution in [1.82, 2.24) is 5.43 Å². The summed E-state index contributed by atoms with van der Waals surface area (Å²) in [5.41, 5.74) is 5.06. The van der Waals surface area contributed by atoms with Gasteiger partial charge in [-0.15, -0.1) is 0 Å². The van der Waals surface area contributed by atoms with Crippen LogP contribution in [0.1, 0.15) is 22.7 Å². The highest BCUT2D eigenvalue weighted by Crippen LogP contribution is 2.31. The Morgan fingerprint density at radius 3 is 2.58 bits per heavy atom. The van der Waals surface area contributed by atoms with E-state index >= 15 is 0 Å². The summed E-state index contributed by atoms with van der Waals surface area (Å²) in [5.74, 6) is 5.21. The average molecular weight is 344 g/mol. The van der Waals surface area contributed by atoms with Crippen molar-refractivity contribution < 1.29 is 4.39 Å². The number of hydrazine groups is 1. The summed E-state index contributed by atoms with van der Waals surface area (Å²) >= 11 is 9.23. The van der Waals surface area contributed by atoms with Crippen LogP contribution in [-0.2, 0) is 0 Å². The van der Waals surface area contributed by atoms with Crippen molar-refractivity contribution in [2.45, 2.75) is 13.0 Å². The summed E-state index contributed by atoms with van der Waals surface area (Å²) in [4.78, 5) is 0. The number of halogens is 3. The van der Waals surface area contributed by atoms with E-state index < -0.39 is 6.04 Å². The largest absolute Gasteiger partial charge is 0.271 e. The lowest BCUT2D eigenvalue weighted by Crippen LogP contribution is -2.29. The van der Waals surface area contributed by atoms with Crippen molar-refractivity contribution in [3.05, 3.63) is 68.4 Å². The molecule has 100 valence electrons. The highest BCUT2D eigenvalue weighted by Gasteiger charge is 2.19. The van der Waals surface area contributed by atoms with Crippen LogP contribution in [0.25, 0.3) is 0 Å². The van der Waals surface area contributed by atoms with Gasteiger partial charge < -0.3 is 0 Å². The number of nitrogens with two attached hydrogens (primary N) is 1. The van der Waals surface area contributed by atoms with Crippen molar-refractivity contribution in [3.63, 3.8) is 0 Å². The van der Waals surface area contributed by atoms with Gasteiger partial charge in [-0.3, -0.25) is 5.84 Å². The molecule has 0 aliphatic rings. The first kappa shape index (κ1) is 14.5. The minimum Gasteiger partial charge on any atom is -0.271 e. The lowest BCUT2D eigenvalue weighted by Gasteiger charge is -2.19. The Balaban J connectivity index is 2.52. The van der Waals surface area contributed by atoms with E-state index in [9.17, 15) is 4.39 Å². The van der Waals surface area contributed by atoms with E-state index in [1.54, 1.807) is 12.1 Å². The maximum absolute atomic E-state index is 14.0. The predicted molar refractivity (Wildman–Crippen MR) is 79.5 cm³/mol. The van der Waals surface area contributed by atoms with Gasteiger partial charge in [-0.05, 0) is 30.7 Å². The molecule has 3 N–H and O–H groups in total. The summed E-state index contributed by atoms with van der Waals surface area (Å²) in [6.07, 6.45) is 0. The summed E-state index contributed by atoms with van der Waals surface area (Å²) in [6, 6.07) is 9.98. The summed E-state index contributed by atoms with van der Waals surface area (Å²) < 4.78 is 14.9. The molecule has 0 amide bonds. The number of hydrogen-bond acceptors (Lipinski definition) is 2. The van der Waals surface area contributed by atoms with Crippen LogP contribution in [0.4, 0.5) is 4.39 Å². The first-order valence-electron chi connectivity index (χ1n) is 5.70. The number of aryl methyl sites for hydroxylation is 1. The van der Waals surface area contributed by atoms with Crippen LogP contribution in [0.2, 0.25) is 5.02 Å². The lowest BCUT2D eigenvalue weighted by atomic mass is 9.97. The molecule has 19 heavy (non-hydrogen) atoms. The fourth-order valence-corrected chi connectivity index (χ4v) is 2.60. The number of nitrogens with one attached hydrogen (secondary N) is 1. The molecule has 1 unspecified atom stereocenters. The monoisotopic (exact) mass is 342 g/mol. The zero-order valence-corrected chi connectivity index (χ0v) is 12.6. The molecule has 0 heterocycles. The molecule has 0 aromatic heterocycles. The molecule has 2 aromatic rings. The van der Waals surface area contributed by atoms with Gasteiger partial charge in [-0.25, -0.2) is 9.82 Å². The van der Waals surface area contributed by atoms with Crippen LogP contribution in [0.3, 0.4) is 0 Å². The van der Waals surface area contributed by atoms with Crippen LogP contribution in [-0.4, -0.2) is 0 Å². The normalized spacial score (nSPS) is 12.5. The van der Waals surface area contributed by atoms with E-state index in [-0.39, 0.29) is 5.82 Å². The second-order valence-electron chi connectivity index (χ2n) is 4.29. The number of benzene rings is 2. The Morgan fingerprint density at radius 2 is 1.95 bits per heavy atom. The maximum atomic E-state index is 14.0. The van der Waals surface area contributed by atoms with Gasteiger partial charge >= 0.3 is 0 Å². The number of rotatable bonds is 3. The second-order valence-corrected chi connectivity index (χ2v) is 5.58. The Morgan fingerprint density at radius 1 is 1.21 bits per heavy atom. The first-order chi connectivity index (χ1) is 9.02. The van der Waals surface area contributed by atoms with E-state index in [1.807, 2.05) is 25.1 Å². The SMILES string of the molecule is Cc1ccc(Br)c(C(NN)c2ccc(Cl)cc2F)c1. The van der Waals surface area contributed by atoms with Crippen molar-refractivity contribution >= 4 is 27.5 Å². The molecular formula is C14H13BrClFN2. The van der Waals surface area contributed by atoms with Crippen molar-refractivity contribution in [2.24, 2.45) is 5.84 Å². The molecule has 2 aromatic carbocycles. The molecule has 1 atom stereocenters. The van der Waals surface area contributed by atoms with E-state index in [4.69, 9.17) is 17.4 Å². The van der Waals surface area contributed by atoms with E-state index in [1.165, 1.54) is 6.07 Å². The Kier molecular flexibility index (Phi) is 4.58. The molecule has 0 bridgehead atoms. The molecule has 2 rings (SSSR count). The highest BCUT2D eigenvalue weighted by molar-refractivity contribution is 9.10. The molecule has 0 spiro atoms. The van der Waals surface area contributed by atoms with Crippen molar-refractivity contribution in [2.75, 3.05) is 0 Å². The molecule has 0 saturated heterocycles. The van der Waals surface area contributed by atoms with Gasteiger partial charge in [0, 0.05) is 15.1 Å². The van der Waals surface area contributed by atoms with Gasteiger partial charge in [-0.2, -0.15) is 0 Å². The van der Waals surface area contributed by atoms with Gasteiger partial charge in [0.2, 0.25) is 0 Å². The Labute approximate surface area is 124 Å². The molecule has 2 nitrogen and oxygen atoms in total. The van der Waals surface area contributed by atoms with Gasteiger partial charge in [0.15, 0.2) is 0 Å². The Bertz CT molecular complexity index is 604. The zero-order valence-electron chi connectivity index (χ0n) is 10.3. The van der Waals surface area contributed by atoms with Crippen LogP contribution < -0.4 is 11.3 Å². The van der Waals surface area contributed by atoms with Crippen LogP contribution >= 0.6 is 27.5 Å². The summed E-state index contributed by atoms with van der Waals surface area (Å²) in [6.45, 7) is 1.97. The van der Waals surface area contributed by atoms with Crippen LogP contribution in [0.5, 0.6) is 0 Å². The predicted octanol–water partition coefficient (Wildman–Crippen LogP) is 4.10. The fraction of sp³-hybridized carbons (Fsp3) is 0.143. The third-order valence-electron chi connectivity index (χ3n) is 2.90. The lowest BCUT2D eigenvalue weighted by molar-refractivity contribution is 0.559. The van der Waals surface area contributed by atoms with Gasteiger partial charge in [0.05, 0.1) is 6.04 Å². The maximum Gasteiger partial charge on any atom is 0.129 e. The first-order valence-corrected chi connectivity index (χ1v) is 6.87. The molecule has 5 heteroatoms. The van der Waals surface area contributed by atoms with Crippen LogP contribution in [0, 0.1) is 12.7 Å². The smallest absolute Gasteiger partial charge is 0.129 e. The zero-order chi connectivity index (χ0) is 14.0. The molecule has 0 aliphatic heterocycles. The van der Waals surface area contributed by atoms with E-state index in [0.717, 1.165) is 15.6 Å². The molecule has 0 fully saturated rings. The number of hydrogen-bond donors (Lipinski definition) is 2. The Hall–Kier alpha value is -0.940. The minimum atomic E-state index is -0.438. The van der Waals surface area contributed by atoms with Gasteiger partial charge in [0.1, 0.15) is 5.82 Å². The molecule has 0 aliphatic carbocycles. The summed E-state index contributed by atoms with van der Waals surface area (Å²) in [5, 5.41) is 0.361. The third kappa shape index (κ3) is 3.15. The van der Waals surface area contributed by atoms with Gasteiger partial charge in [-0.1, -0.05) is 51.3 Å². The standard InChI is InChI=1S/C14H13BrClFN2/c1-8-2-5-12(15)11(6-8)14(19-18)10-4-3-9(16)7-13(10)17/h2-7,14,19H,18H2,1H3. The van der Waals surface area contributed by atoms with E-state index in [0.29, 0.717) is 10.6 Å².